The molecule has 1 heterocycles. The Morgan fingerprint density at radius 1 is 1.11 bits per heavy atom. The standard InChI is InChI=1S/C21H26FN3O3/c1-13(2)18(22)20(27)23-14(3)19(26)24-17-12-16(10-11-25(4)21(17)28)15-8-6-5-7-9-15/h5-14,17-18H,1-4H3,(H,23,27)(H,24,26)/t14?,17-,18-/m0/s1. The van der Waals surface area contributed by atoms with Gasteiger partial charge in [0.1, 0.15) is 12.1 Å². The van der Waals surface area contributed by atoms with E-state index in [0.717, 1.165) is 11.1 Å². The van der Waals surface area contributed by atoms with Gasteiger partial charge in [0.25, 0.3) is 11.8 Å². The van der Waals surface area contributed by atoms with Crippen molar-refractivity contribution in [1.82, 2.24) is 15.5 Å². The number of benzene rings is 1. The van der Waals surface area contributed by atoms with Crippen LogP contribution in [0.25, 0.3) is 5.57 Å². The van der Waals surface area contributed by atoms with Gasteiger partial charge < -0.3 is 15.5 Å². The molecule has 0 aliphatic carbocycles. The number of alkyl halides is 1. The van der Waals surface area contributed by atoms with Gasteiger partial charge in [0, 0.05) is 13.2 Å². The Labute approximate surface area is 164 Å². The second kappa shape index (κ2) is 9.30. The second-order valence-corrected chi connectivity index (χ2v) is 7.12. The van der Waals surface area contributed by atoms with Crippen molar-refractivity contribution in [2.45, 2.75) is 39.0 Å². The molecule has 0 saturated carbocycles. The molecule has 150 valence electrons. The van der Waals surface area contributed by atoms with Crippen molar-refractivity contribution in [1.29, 1.82) is 0 Å². The number of rotatable bonds is 6. The molecular weight excluding hydrogens is 361 g/mol. The van der Waals surface area contributed by atoms with Crippen molar-refractivity contribution in [2.24, 2.45) is 5.92 Å². The highest BCUT2D eigenvalue weighted by Crippen LogP contribution is 2.19. The summed E-state index contributed by atoms with van der Waals surface area (Å²) in [4.78, 5) is 38.3. The summed E-state index contributed by atoms with van der Waals surface area (Å²) < 4.78 is 13.8. The fraction of sp³-hybridized carbons (Fsp3) is 0.381. The first kappa shape index (κ1) is 21.3. The van der Waals surface area contributed by atoms with E-state index in [2.05, 4.69) is 10.6 Å². The number of halogens is 1. The molecule has 28 heavy (non-hydrogen) atoms. The summed E-state index contributed by atoms with van der Waals surface area (Å²) in [6, 6.07) is 7.57. The van der Waals surface area contributed by atoms with Crippen LogP contribution in [-0.4, -0.2) is 47.9 Å². The van der Waals surface area contributed by atoms with Gasteiger partial charge in [-0.15, -0.1) is 0 Å². The third kappa shape index (κ3) is 5.28. The number of hydrogen-bond donors (Lipinski definition) is 2. The van der Waals surface area contributed by atoms with Crippen LogP contribution in [-0.2, 0) is 14.4 Å². The van der Waals surface area contributed by atoms with E-state index in [1.54, 1.807) is 39.2 Å². The summed E-state index contributed by atoms with van der Waals surface area (Å²) in [5, 5.41) is 4.98. The van der Waals surface area contributed by atoms with Crippen LogP contribution in [0.1, 0.15) is 26.3 Å². The Morgan fingerprint density at radius 3 is 2.36 bits per heavy atom. The first-order valence-corrected chi connectivity index (χ1v) is 9.17. The Morgan fingerprint density at radius 2 is 1.75 bits per heavy atom. The summed E-state index contributed by atoms with van der Waals surface area (Å²) in [5.74, 6) is -2.22. The van der Waals surface area contributed by atoms with E-state index in [0.29, 0.717) is 0 Å². The van der Waals surface area contributed by atoms with Gasteiger partial charge in [-0.1, -0.05) is 44.2 Å². The molecule has 1 aliphatic rings. The first-order valence-electron chi connectivity index (χ1n) is 9.17. The molecule has 3 atom stereocenters. The number of carbonyl (C=O) groups is 3. The SMILES string of the molecule is CC(NC(=O)[C@@H](F)C(C)C)C(=O)N[C@H]1C=C(c2ccccc2)C=CN(C)C1=O. The van der Waals surface area contributed by atoms with Gasteiger partial charge in [-0.2, -0.15) is 0 Å². The maximum Gasteiger partial charge on any atom is 0.255 e. The average Bonchev–Trinajstić information content (AvgIpc) is 2.81. The van der Waals surface area contributed by atoms with E-state index >= 15 is 0 Å². The monoisotopic (exact) mass is 387 g/mol. The summed E-state index contributed by atoms with van der Waals surface area (Å²) in [6.07, 6.45) is 3.39. The molecular formula is C21H26FN3O3. The zero-order chi connectivity index (χ0) is 20.8. The van der Waals surface area contributed by atoms with Crippen LogP contribution in [0.2, 0.25) is 0 Å². The summed E-state index contributed by atoms with van der Waals surface area (Å²) in [7, 11) is 1.60. The van der Waals surface area contributed by atoms with Crippen molar-refractivity contribution in [3.05, 3.63) is 54.2 Å². The average molecular weight is 387 g/mol. The predicted molar refractivity (Wildman–Crippen MR) is 106 cm³/mol. The lowest BCUT2D eigenvalue weighted by Gasteiger charge is -2.22. The molecule has 1 aliphatic heterocycles. The molecule has 6 nitrogen and oxygen atoms in total. The minimum Gasteiger partial charge on any atom is -0.342 e. The highest BCUT2D eigenvalue weighted by molar-refractivity contribution is 5.96. The van der Waals surface area contributed by atoms with Crippen molar-refractivity contribution in [3.63, 3.8) is 0 Å². The van der Waals surface area contributed by atoms with E-state index in [4.69, 9.17) is 0 Å². The molecule has 0 fully saturated rings. The predicted octanol–water partition coefficient (Wildman–Crippen LogP) is 2.04. The maximum absolute atomic E-state index is 13.8. The van der Waals surface area contributed by atoms with Gasteiger partial charge in [-0.25, -0.2) is 4.39 Å². The lowest BCUT2D eigenvalue weighted by molar-refractivity contribution is -0.134. The second-order valence-electron chi connectivity index (χ2n) is 7.12. The zero-order valence-electron chi connectivity index (χ0n) is 16.5. The van der Waals surface area contributed by atoms with Gasteiger partial charge in [-0.05, 0) is 36.1 Å². The molecule has 0 aromatic heterocycles. The molecule has 1 aromatic carbocycles. The lowest BCUT2D eigenvalue weighted by Crippen LogP contribution is -2.53. The molecule has 0 radical (unpaired) electrons. The van der Waals surface area contributed by atoms with Crippen molar-refractivity contribution >= 4 is 23.3 Å². The molecule has 0 saturated heterocycles. The highest BCUT2D eigenvalue weighted by Gasteiger charge is 2.28. The highest BCUT2D eigenvalue weighted by atomic mass is 19.1. The molecule has 0 spiro atoms. The van der Waals surface area contributed by atoms with Crippen molar-refractivity contribution in [3.8, 4) is 0 Å². The van der Waals surface area contributed by atoms with E-state index in [1.165, 1.54) is 11.8 Å². The molecule has 1 aromatic rings. The Kier molecular flexibility index (Phi) is 7.09. The molecule has 1 unspecified atom stereocenters. The van der Waals surface area contributed by atoms with Crippen LogP contribution >= 0.6 is 0 Å². The fourth-order valence-electron chi connectivity index (χ4n) is 2.66. The van der Waals surface area contributed by atoms with Gasteiger partial charge >= 0.3 is 0 Å². The van der Waals surface area contributed by atoms with E-state index in [9.17, 15) is 18.8 Å². The first-order chi connectivity index (χ1) is 13.2. The molecule has 2 rings (SSSR count). The number of allylic oxidation sites excluding steroid dienone is 2. The number of nitrogens with zero attached hydrogens (tertiary/aromatic N) is 1. The Hall–Kier alpha value is -2.96. The lowest BCUT2D eigenvalue weighted by atomic mass is 10.0. The fourth-order valence-corrected chi connectivity index (χ4v) is 2.66. The summed E-state index contributed by atoms with van der Waals surface area (Å²) in [6.45, 7) is 4.61. The zero-order valence-corrected chi connectivity index (χ0v) is 16.5. The number of amides is 3. The van der Waals surface area contributed by atoms with Crippen LogP contribution in [0.15, 0.2) is 48.7 Å². The smallest absolute Gasteiger partial charge is 0.255 e. The number of likely N-dealkylation sites (N-methyl/N-ethyl adjacent to an activating group) is 1. The molecule has 2 N–H and O–H groups in total. The molecule has 7 heteroatoms. The van der Waals surface area contributed by atoms with Crippen LogP contribution in [0.3, 0.4) is 0 Å². The van der Waals surface area contributed by atoms with Gasteiger partial charge in [0.2, 0.25) is 5.91 Å². The largest absolute Gasteiger partial charge is 0.342 e. The normalized spacial score (nSPS) is 18.9. The van der Waals surface area contributed by atoms with E-state index in [1.807, 2.05) is 30.3 Å². The molecule has 0 bridgehead atoms. The Bertz CT molecular complexity index is 789. The topological polar surface area (TPSA) is 78.5 Å². The number of carbonyl (C=O) groups excluding carboxylic acids is 3. The molecule has 3 amide bonds. The van der Waals surface area contributed by atoms with Crippen LogP contribution < -0.4 is 10.6 Å². The van der Waals surface area contributed by atoms with Gasteiger partial charge in [0.15, 0.2) is 6.17 Å². The minimum absolute atomic E-state index is 0.320. The van der Waals surface area contributed by atoms with E-state index < -0.39 is 36.0 Å². The third-order valence-electron chi connectivity index (χ3n) is 4.43. The maximum atomic E-state index is 13.8. The van der Waals surface area contributed by atoms with Crippen molar-refractivity contribution < 1.29 is 18.8 Å². The number of hydrogen-bond acceptors (Lipinski definition) is 3. The van der Waals surface area contributed by atoms with Crippen LogP contribution in [0, 0.1) is 5.92 Å². The van der Waals surface area contributed by atoms with Gasteiger partial charge in [-0.3, -0.25) is 14.4 Å². The third-order valence-corrected chi connectivity index (χ3v) is 4.43. The van der Waals surface area contributed by atoms with Crippen LogP contribution in [0.5, 0.6) is 0 Å². The van der Waals surface area contributed by atoms with E-state index in [-0.39, 0.29) is 5.91 Å². The number of nitrogens with one attached hydrogen (secondary N) is 2. The quantitative estimate of drug-likeness (QED) is 0.784. The minimum atomic E-state index is -1.70. The Balaban J connectivity index is 2.14. The van der Waals surface area contributed by atoms with Crippen LogP contribution in [0.4, 0.5) is 4.39 Å². The van der Waals surface area contributed by atoms with Gasteiger partial charge in [0.05, 0.1) is 0 Å². The van der Waals surface area contributed by atoms with Crippen molar-refractivity contribution in [2.75, 3.05) is 7.05 Å². The summed E-state index contributed by atoms with van der Waals surface area (Å²) >= 11 is 0. The summed E-state index contributed by atoms with van der Waals surface area (Å²) in [5.41, 5.74) is 1.68.